The quantitative estimate of drug-likeness (QED) is 0.722. The topological polar surface area (TPSA) is 59.8 Å². The number of rotatable bonds is 7. The standard InChI is InChI=1S/C20H22N4O/c1-16(7-8-17-5-3-2-4-6-17)23-20(25)19-11-9-18(10-12-19)13-24-15-21-14-22-24/h2-6,9-12,14-16H,7-8,13H2,1H3,(H,23,25)/t16-/m0/s1. The lowest BCUT2D eigenvalue weighted by Crippen LogP contribution is -2.32. The molecule has 1 aromatic heterocycles. The van der Waals surface area contributed by atoms with Crippen LogP contribution in [0, 0.1) is 0 Å². The first-order valence-electron chi connectivity index (χ1n) is 8.47. The predicted molar refractivity (Wildman–Crippen MR) is 97.3 cm³/mol. The number of nitrogens with zero attached hydrogens (tertiary/aromatic N) is 3. The Morgan fingerprint density at radius 3 is 2.52 bits per heavy atom. The Labute approximate surface area is 147 Å². The first-order valence-corrected chi connectivity index (χ1v) is 8.47. The Hall–Kier alpha value is -2.95. The SMILES string of the molecule is C[C@@H](CCc1ccccc1)NC(=O)c1ccc(Cn2cncn2)cc1. The van der Waals surface area contributed by atoms with Gasteiger partial charge in [-0.05, 0) is 43.0 Å². The maximum absolute atomic E-state index is 12.4. The third-order valence-corrected chi connectivity index (χ3v) is 4.11. The number of aryl methyl sites for hydroxylation is 1. The van der Waals surface area contributed by atoms with Crippen molar-refractivity contribution in [2.75, 3.05) is 0 Å². The van der Waals surface area contributed by atoms with Gasteiger partial charge < -0.3 is 5.32 Å². The summed E-state index contributed by atoms with van der Waals surface area (Å²) in [4.78, 5) is 16.3. The molecule has 5 heteroatoms. The summed E-state index contributed by atoms with van der Waals surface area (Å²) in [7, 11) is 0. The molecular formula is C20H22N4O. The number of hydrogen-bond donors (Lipinski definition) is 1. The molecular weight excluding hydrogens is 312 g/mol. The number of nitrogens with one attached hydrogen (secondary N) is 1. The average molecular weight is 334 g/mol. The Morgan fingerprint density at radius 1 is 1.08 bits per heavy atom. The van der Waals surface area contributed by atoms with Crippen molar-refractivity contribution < 1.29 is 4.79 Å². The lowest BCUT2D eigenvalue weighted by atomic mass is 10.1. The molecule has 0 aliphatic carbocycles. The van der Waals surface area contributed by atoms with Crippen molar-refractivity contribution >= 4 is 5.91 Å². The maximum atomic E-state index is 12.4. The van der Waals surface area contributed by atoms with Crippen LogP contribution in [0.5, 0.6) is 0 Å². The lowest BCUT2D eigenvalue weighted by molar-refractivity contribution is 0.0938. The van der Waals surface area contributed by atoms with Crippen molar-refractivity contribution in [3.63, 3.8) is 0 Å². The van der Waals surface area contributed by atoms with Crippen LogP contribution in [-0.2, 0) is 13.0 Å². The van der Waals surface area contributed by atoms with Crippen molar-refractivity contribution in [2.45, 2.75) is 32.4 Å². The zero-order chi connectivity index (χ0) is 17.5. The third-order valence-electron chi connectivity index (χ3n) is 4.11. The Kier molecular flexibility index (Phi) is 5.57. The number of hydrogen-bond acceptors (Lipinski definition) is 3. The van der Waals surface area contributed by atoms with E-state index in [0.29, 0.717) is 12.1 Å². The maximum Gasteiger partial charge on any atom is 0.251 e. The molecule has 3 rings (SSSR count). The number of benzene rings is 2. The van der Waals surface area contributed by atoms with Gasteiger partial charge in [0, 0.05) is 11.6 Å². The average Bonchev–Trinajstić information content (AvgIpc) is 3.14. The second kappa shape index (κ2) is 8.24. The number of aromatic nitrogens is 3. The van der Waals surface area contributed by atoms with E-state index in [1.54, 1.807) is 11.0 Å². The van der Waals surface area contributed by atoms with Crippen LogP contribution >= 0.6 is 0 Å². The van der Waals surface area contributed by atoms with Gasteiger partial charge in [0.1, 0.15) is 12.7 Å². The van der Waals surface area contributed by atoms with Crippen molar-refractivity contribution in [3.05, 3.63) is 83.9 Å². The number of carbonyl (C=O) groups excluding carboxylic acids is 1. The van der Waals surface area contributed by atoms with Crippen molar-refractivity contribution in [2.24, 2.45) is 0 Å². The Balaban J connectivity index is 1.50. The van der Waals surface area contributed by atoms with Gasteiger partial charge in [-0.25, -0.2) is 9.67 Å². The minimum Gasteiger partial charge on any atom is -0.350 e. The van der Waals surface area contributed by atoms with Gasteiger partial charge in [0.2, 0.25) is 0 Å². The van der Waals surface area contributed by atoms with Crippen LogP contribution in [0.25, 0.3) is 0 Å². The predicted octanol–water partition coefficient (Wildman–Crippen LogP) is 3.08. The molecule has 2 aromatic carbocycles. The summed E-state index contributed by atoms with van der Waals surface area (Å²) in [5.74, 6) is -0.0344. The van der Waals surface area contributed by atoms with E-state index in [1.165, 1.54) is 11.9 Å². The van der Waals surface area contributed by atoms with Gasteiger partial charge in [0.15, 0.2) is 0 Å². The lowest BCUT2D eigenvalue weighted by Gasteiger charge is -2.14. The highest BCUT2D eigenvalue weighted by atomic mass is 16.1. The molecule has 0 fully saturated rings. The van der Waals surface area contributed by atoms with Gasteiger partial charge in [0.05, 0.1) is 6.54 Å². The third kappa shape index (κ3) is 5.01. The van der Waals surface area contributed by atoms with Crippen LogP contribution in [0.4, 0.5) is 0 Å². The molecule has 25 heavy (non-hydrogen) atoms. The summed E-state index contributed by atoms with van der Waals surface area (Å²) in [6, 6.07) is 18.1. The molecule has 0 spiro atoms. The molecule has 0 aliphatic rings. The molecule has 1 N–H and O–H groups in total. The van der Waals surface area contributed by atoms with E-state index in [-0.39, 0.29) is 11.9 Å². The molecule has 3 aromatic rings. The van der Waals surface area contributed by atoms with E-state index in [0.717, 1.165) is 18.4 Å². The monoisotopic (exact) mass is 334 g/mol. The Morgan fingerprint density at radius 2 is 1.84 bits per heavy atom. The summed E-state index contributed by atoms with van der Waals surface area (Å²) >= 11 is 0. The smallest absolute Gasteiger partial charge is 0.251 e. The van der Waals surface area contributed by atoms with Crippen LogP contribution in [0.2, 0.25) is 0 Å². The summed E-state index contributed by atoms with van der Waals surface area (Å²) in [5, 5.41) is 7.15. The minimum atomic E-state index is -0.0344. The van der Waals surface area contributed by atoms with Crippen molar-refractivity contribution in [1.29, 1.82) is 0 Å². The minimum absolute atomic E-state index is 0.0344. The molecule has 1 amide bonds. The molecule has 5 nitrogen and oxygen atoms in total. The molecule has 0 bridgehead atoms. The van der Waals surface area contributed by atoms with E-state index >= 15 is 0 Å². The van der Waals surface area contributed by atoms with Gasteiger partial charge in [-0.1, -0.05) is 42.5 Å². The highest BCUT2D eigenvalue weighted by molar-refractivity contribution is 5.94. The van der Waals surface area contributed by atoms with E-state index in [1.807, 2.05) is 49.4 Å². The highest BCUT2D eigenvalue weighted by Gasteiger charge is 2.10. The zero-order valence-corrected chi connectivity index (χ0v) is 14.3. The first kappa shape index (κ1) is 16.9. The van der Waals surface area contributed by atoms with Crippen LogP contribution in [0.15, 0.2) is 67.3 Å². The molecule has 128 valence electrons. The van der Waals surface area contributed by atoms with Crippen LogP contribution in [0.1, 0.15) is 34.8 Å². The van der Waals surface area contributed by atoms with E-state index in [2.05, 4.69) is 27.5 Å². The Bertz CT molecular complexity index is 782. The van der Waals surface area contributed by atoms with E-state index in [4.69, 9.17) is 0 Å². The molecule has 0 unspecified atom stereocenters. The fourth-order valence-electron chi connectivity index (χ4n) is 2.67. The van der Waals surface area contributed by atoms with Crippen LogP contribution in [0.3, 0.4) is 0 Å². The first-order chi connectivity index (χ1) is 12.2. The highest BCUT2D eigenvalue weighted by Crippen LogP contribution is 2.08. The zero-order valence-electron chi connectivity index (χ0n) is 14.3. The fraction of sp³-hybridized carbons (Fsp3) is 0.250. The molecule has 1 heterocycles. The summed E-state index contributed by atoms with van der Waals surface area (Å²) in [5.41, 5.74) is 3.05. The van der Waals surface area contributed by atoms with E-state index in [9.17, 15) is 4.79 Å². The molecule has 0 radical (unpaired) electrons. The van der Waals surface area contributed by atoms with Gasteiger partial charge in [-0.2, -0.15) is 5.10 Å². The second-order valence-electron chi connectivity index (χ2n) is 6.19. The summed E-state index contributed by atoms with van der Waals surface area (Å²) < 4.78 is 1.75. The summed E-state index contributed by atoms with van der Waals surface area (Å²) in [6.07, 6.45) is 5.06. The second-order valence-corrected chi connectivity index (χ2v) is 6.19. The van der Waals surface area contributed by atoms with Crippen molar-refractivity contribution in [1.82, 2.24) is 20.1 Å². The van der Waals surface area contributed by atoms with Crippen LogP contribution < -0.4 is 5.32 Å². The van der Waals surface area contributed by atoms with Gasteiger partial charge in [0.25, 0.3) is 5.91 Å². The largest absolute Gasteiger partial charge is 0.350 e. The molecule has 0 aliphatic heterocycles. The number of amides is 1. The summed E-state index contributed by atoms with van der Waals surface area (Å²) in [6.45, 7) is 2.69. The molecule has 1 atom stereocenters. The fourth-order valence-corrected chi connectivity index (χ4v) is 2.67. The van der Waals surface area contributed by atoms with Gasteiger partial charge in [-0.3, -0.25) is 4.79 Å². The van der Waals surface area contributed by atoms with Gasteiger partial charge >= 0.3 is 0 Å². The molecule has 0 saturated heterocycles. The molecule has 0 saturated carbocycles. The van der Waals surface area contributed by atoms with Crippen molar-refractivity contribution in [3.8, 4) is 0 Å². The van der Waals surface area contributed by atoms with Gasteiger partial charge in [-0.15, -0.1) is 0 Å². The normalized spacial score (nSPS) is 11.9. The van der Waals surface area contributed by atoms with E-state index < -0.39 is 0 Å². The number of carbonyl (C=O) groups is 1. The van der Waals surface area contributed by atoms with Crippen LogP contribution in [-0.4, -0.2) is 26.7 Å².